The highest BCUT2D eigenvalue weighted by Crippen LogP contribution is 2.46. The minimum atomic E-state index is -2.82. The number of amides is 1. The Hall–Kier alpha value is -3.91. The van der Waals surface area contributed by atoms with Crippen molar-refractivity contribution in [3.05, 3.63) is 70.1 Å². The van der Waals surface area contributed by atoms with Crippen molar-refractivity contribution in [1.82, 2.24) is 15.3 Å². The number of carbonyl (C=O) groups excluding carboxylic acids is 1. The average Bonchev–Trinajstić information content (AvgIpc) is 3.60. The Kier molecular flexibility index (Phi) is 7.91. The lowest BCUT2D eigenvalue weighted by molar-refractivity contribution is 0.00796. The average molecular weight is 638 g/mol. The maximum atomic E-state index is 14.6. The van der Waals surface area contributed by atoms with Gasteiger partial charge in [-0.3, -0.25) is 4.79 Å². The van der Waals surface area contributed by atoms with Crippen LogP contribution in [0.4, 0.5) is 26.3 Å². The van der Waals surface area contributed by atoms with E-state index in [2.05, 4.69) is 15.3 Å². The molecule has 3 heterocycles. The molecule has 2 aliphatic rings. The van der Waals surface area contributed by atoms with E-state index in [0.29, 0.717) is 11.3 Å². The highest BCUT2D eigenvalue weighted by molar-refractivity contribution is 7.18. The molecule has 0 radical (unpaired) electrons. The molecule has 14 heteroatoms. The SMILES string of the molecule is O=C(NCC(O)(CF)c1cc2c(c(-c3ccc(F)cc3)n1)OCC2(CF)CF)c1cc(OC2CC2)c2nc(C(F)F)sc2c1. The van der Waals surface area contributed by atoms with E-state index in [1.54, 1.807) is 0 Å². The van der Waals surface area contributed by atoms with Crippen LogP contribution in [0.5, 0.6) is 11.5 Å². The second kappa shape index (κ2) is 11.5. The quantitative estimate of drug-likeness (QED) is 0.192. The van der Waals surface area contributed by atoms with Gasteiger partial charge in [0.15, 0.2) is 10.6 Å². The molecule has 1 fully saturated rings. The molecule has 0 bridgehead atoms. The number of hydrogen-bond donors (Lipinski definition) is 2. The Morgan fingerprint density at radius 3 is 2.50 bits per heavy atom. The molecule has 6 rings (SSSR count). The summed E-state index contributed by atoms with van der Waals surface area (Å²) in [4.78, 5) is 21.5. The molecule has 2 aromatic carbocycles. The van der Waals surface area contributed by atoms with Crippen molar-refractivity contribution in [1.29, 1.82) is 0 Å². The van der Waals surface area contributed by atoms with Crippen molar-refractivity contribution in [2.24, 2.45) is 0 Å². The molecule has 1 amide bonds. The second-order valence-corrected chi connectivity index (χ2v) is 12.0. The smallest absolute Gasteiger partial charge is 0.289 e. The molecule has 1 aliphatic carbocycles. The number of halogens is 6. The first-order valence-corrected chi connectivity index (χ1v) is 14.4. The van der Waals surface area contributed by atoms with Gasteiger partial charge in [-0.1, -0.05) is 0 Å². The lowest BCUT2D eigenvalue weighted by atomic mass is 9.83. The van der Waals surface area contributed by atoms with Crippen LogP contribution in [0.2, 0.25) is 0 Å². The summed E-state index contributed by atoms with van der Waals surface area (Å²) in [6.07, 6.45) is -1.43. The topological polar surface area (TPSA) is 93.6 Å². The van der Waals surface area contributed by atoms with Gasteiger partial charge >= 0.3 is 0 Å². The first-order valence-electron chi connectivity index (χ1n) is 13.6. The number of thiazole rings is 1. The first-order chi connectivity index (χ1) is 21.1. The summed E-state index contributed by atoms with van der Waals surface area (Å²) in [5, 5.41) is 13.4. The first kappa shape index (κ1) is 30.1. The van der Waals surface area contributed by atoms with E-state index in [1.807, 2.05) is 0 Å². The maximum Gasteiger partial charge on any atom is 0.289 e. The molecule has 0 spiro atoms. The molecule has 1 atom stereocenters. The summed E-state index contributed by atoms with van der Waals surface area (Å²) in [5.41, 5.74) is -4.05. The highest BCUT2D eigenvalue weighted by atomic mass is 32.1. The summed E-state index contributed by atoms with van der Waals surface area (Å²) in [5.74, 6) is -1.17. The second-order valence-electron chi connectivity index (χ2n) is 10.9. The number of nitrogens with zero attached hydrogens (tertiary/aromatic N) is 2. The number of ether oxygens (including phenoxy) is 2. The summed E-state index contributed by atoms with van der Waals surface area (Å²) < 4.78 is 95.1. The molecule has 4 aromatic rings. The van der Waals surface area contributed by atoms with Crippen LogP contribution >= 0.6 is 11.3 Å². The predicted molar refractivity (Wildman–Crippen MR) is 149 cm³/mol. The van der Waals surface area contributed by atoms with Gasteiger partial charge in [0.2, 0.25) is 0 Å². The number of hydrogen-bond acceptors (Lipinski definition) is 7. The van der Waals surface area contributed by atoms with Crippen molar-refractivity contribution < 1.29 is 45.7 Å². The molecule has 44 heavy (non-hydrogen) atoms. The molecule has 0 saturated heterocycles. The lowest BCUT2D eigenvalue weighted by Crippen LogP contribution is -2.43. The van der Waals surface area contributed by atoms with Gasteiger partial charge in [0.25, 0.3) is 12.3 Å². The molecule has 7 nitrogen and oxygen atoms in total. The third-order valence-electron chi connectivity index (χ3n) is 7.65. The molecule has 232 valence electrons. The summed E-state index contributed by atoms with van der Waals surface area (Å²) in [6.45, 7) is -4.88. The Balaban J connectivity index is 1.34. The Morgan fingerprint density at radius 2 is 1.86 bits per heavy atom. The summed E-state index contributed by atoms with van der Waals surface area (Å²) in [6, 6.07) is 8.80. The van der Waals surface area contributed by atoms with Gasteiger partial charge in [-0.2, -0.15) is 0 Å². The van der Waals surface area contributed by atoms with Crippen molar-refractivity contribution in [3.63, 3.8) is 0 Å². The maximum absolute atomic E-state index is 14.6. The number of benzene rings is 2. The monoisotopic (exact) mass is 637 g/mol. The molecule has 2 N–H and O–H groups in total. The van der Waals surface area contributed by atoms with Crippen LogP contribution in [0.3, 0.4) is 0 Å². The number of alkyl halides is 5. The minimum Gasteiger partial charge on any atom is -0.490 e. The molecule has 1 saturated carbocycles. The minimum absolute atomic E-state index is 0.00462. The van der Waals surface area contributed by atoms with Gasteiger partial charge in [0.05, 0.1) is 28.5 Å². The summed E-state index contributed by atoms with van der Waals surface area (Å²) >= 11 is 0.702. The zero-order valence-corrected chi connectivity index (χ0v) is 23.7. The molecule has 1 aliphatic heterocycles. The van der Waals surface area contributed by atoms with Gasteiger partial charge in [-0.15, -0.1) is 11.3 Å². The van der Waals surface area contributed by atoms with Gasteiger partial charge in [-0.05, 0) is 55.3 Å². The van der Waals surface area contributed by atoms with Crippen LogP contribution < -0.4 is 14.8 Å². The van der Waals surface area contributed by atoms with Crippen LogP contribution in [0.1, 0.15) is 45.9 Å². The van der Waals surface area contributed by atoms with Gasteiger partial charge < -0.3 is 19.9 Å². The normalized spacial score (nSPS) is 16.9. The van der Waals surface area contributed by atoms with Crippen LogP contribution in [0.25, 0.3) is 21.5 Å². The van der Waals surface area contributed by atoms with E-state index in [-0.39, 0.29) is 62.5 Å². The van der Waals surface area contributed by atoms with Gasteiger partial charge in [-0.25, -0.2) is 36.3 Å². The fraction of sp³-hybridized carbons (Fsp3) is 0.367. The molecule has 1 unspecified atom stereocenters. The largest absolute Gasteiger partial charge is 0.490 e. The van der Waals surface area contributed by atoms with E-state index in [1.165, 1.54) is 24.3 Å². The molecule has 2 aromatic heterocycles. The Bertz CT molecular complexity index is 1710. The van der Waals surface area contributed by atoms with E-state index in [4.69, 9.17) is 9.47 Å². The fourth-order valence-electron chi connectivity index (χ4n) is 4.89. The van der Waals surface area contributed by atoms with E-state index in [0.717, 1.165) is 31.0 Å². The number of aliphatic hydroxyl groups is 1. The van der Waals surface area contributed by atoms with E-state index >= 15 is 0 Å². The fourth-order valence-corrected chi connectivity index (χ4v) is 5.77. The third kappa shape index (κ3) is 5.45. The number of fused-ring (bicyclic) bond motifs is 2. The van der Waals surface area contributed by atoms with Crippen LogP contribution in [0.15, 0.2) is 42.5 Å². The number of carbonyl (C=O) groups is 1. The zero-order chi connectivity index (χ0) is 31.2. The van der Waals surface area contributed by atoms with Crippen molar-refractivity contribution in [2.75, 3.05) is 33.2 Å². The standard InChI is InChI=1S/C30H25F6N3O4S/c31-10-29(11-32)14-42-25-19(29)9-22(38-23(25)15-1-3-17(34)4-2-15)30(41,12-33)13-37-27(40)16-7-20(43-18-5-6-18)24-21(8-16)44-28(39-24)26(35)36/h1-4,7-9,18,26,41H,5-6,10-14H2,(H,37,40). The Morgan fingerprint density at radius 1 is 1.14 bits per heavy atom. The van der Waals surface area contributed by atoms with Crippen LogP contribution in [-0.4, -0.2) is 60.3 Å². The molecular weight excluding hydrogens is 612 g/mol. The number of aromatic nitrogens is 2. The van der Waals surface area contributed by atoms with Gasteiger partial charge in [0.1, 0.15) is 55.2 Å². The van der Waals surface area contributed by atoms with E-state index < -0.39 is 60.7 Å². The Labute approximate surface area is 250 Å². The third-order valence-corrected chi connectivity index (χ3v) is 8.66. The predicted octanol–water partition coefficient (Wildman–Crippen LogP) is 6.13. The summed E-state index contributed by atoms with van der Waals surface area (Å²) in [7, 11) is 0. The van der Waals surface area contributed by atoms with E-state index in [9.17, 15) is 36.2 Å². The number of nitrogens with one attached hydrogen (secondary N) is 1. The number of rotatable bonds is 11. The number of pyridine rings is 1. The van der Waals surface area contributed by atoms with Crippen molar-refractivity contribution >= 4 is 27.5 Å². The van der Waals surface area contributed by atoms with Crippen LogP contribution in [-0.2, 0) is 11.0 Å². The highest BCUT2D eigenvalue weighted by Gasteiger charge is 2.45. The molecular formula is C30H25F6N3O4S. The van der Waals surface area contributed by atoms with Crippen molar-refractivity contribution in [2.45, 2.75) is 36.4 Å². The van der Waals surface area contributed by atoms with Crippen molar-refractivity contribution in [3.8, 4) is 22.8 Å². The lowest BCUT2D eigenvalue weighted by Gasteiger charge is -2.27. The van der Waals surface area contributed by atoms with Crippen LogP contribution in [0, 0.1) is 5.82 Å². The van der Waals surface area contributed by atoms with Gasteiger partial charge in [0, 0.05) is 16.7 Å². The zero-order valence-electron chi connectivity index (χ0n) is 22.9.